The molecule has 1 aliphatic rings. The van der Waals surface area contributed by atoms with Crippen LogP contribution in [0.1, 0.15) is 45.6 Å². The molecule has 0 amide bonds. The summed E-state index contributed by atoms with van der Waals surface area (Å²) in [6.07, 6.45) is 12.5. The Labute approximate surface area is 219 Å². The third-order valence-corrected chi connectivity index (χ3v) is 7.43. The van der Waals surface area contributed by atoms with Gasteiger partial charge in [0, 0.05) is 58.5 Å². The summed E-state index contributed by atoms with van der Waals surface area (Å²) in [4.78, 5) is 14.4. The lowest BCUT2D eigenvalue weighted by Gasteiger charge is -2.22. The van der Waals surface area contributed by atoms with Crippen molar-refractivity contribution in [2.24, 2.45) is 25.9 Å². The lowest BCUT2D eigenvalue weighted by atomic mass is 9.85. The summed E-state index contributed by atoms with van der Waals surface area (Å²) in [5.41, 5.74) is 9.29. The van der Waals surface area contributed by atoms with Gasteiger partial charge in [-0.05, 0) is 47.9 Å². The topological polar surface area (TPSA) is 98.4 Å². The van der Waals surface area contributed by atoms with Gasteiger partial charge in [0.15, 0.2) is 0 Å². The molecule has 0 spiro atoms. The number of allylic oxidation sites excluding steroid dienone is 1. The number of fused-ring (bicyclic) bond motifs is 3. The van der Waals surface area contributed by atoms with Crippen molar-refractivity contribution in [3.63, 3.8) is 0 Å². The summed E-state index contributed by atoms with van der Waals surface area (Å²) < 4.78 is 3.70. The zero-order valence-electron chi connectivity index (χ0n) is 22.4. The molecule has 2 atom stereocenters. The standard InChI is InChI=1S/C28H35N9.H2/c1-7-17(2)18(3)22(15-29-4)23-10-9-20(13-30-23)27-25-24(35-37(27)6)11-8-19-12-31-28(34-26(19)25)33-21-14-32-36(5)16-21;/h9-10,12-18,29H,7-8,11H2,1-6H3,(H,31,33,34);1H/b22-15+;. The zero-order chi connectivity index (χ0) is 26.1. The third-order valence-electron chi connectivity index (χ3n) is 7.43. The van der Waals surface area contributed by atoms with Crippen LogP contribution >= 0.6 is 0 Å². The first-order valence-electron chi connectivity index (χ1n) is 12.9. The van der Waals surface area contributed by atoms with E-state index in [-0.39, 0.29) is 1.43 Å². The summed E-state index contributed by atoms with van der Waals surface area (Å²) in [7, 11) is 5.82. The van der Waals surface area contributed by atoms with Gasteiger partial charge in [0.05, 0.1) is 34.7 Å². The molecule has 0 saturated carbocycles. The molecule has 4 heterocycles. The minimum atomic E-state index is 0. The molecule has 5 rings (SSSR count). The molecule has 0 bridgehead atoms. The van der Waals surface area contributed by atoms with Gasteiger partial charge in [-0.2, -0.15) is 10.2 Å². The molecule has 0 fully saturated rings. The molecule has 2 unspecified atom stereocenters. The largest absolute Gasteiger partial charge is 0.394 e. The van der Waals surface area contributed by atoms with Crippen LogP contribution in [0.2, 0.25) is 0 Å². The fraction of sp³-hybridized carbons (Fsp3) is 0.393. The molecule has 1 aliphatic carbocycles. The van der Waals surface area contributed by atoms with Crippen LogP contribution in [0.15, 0.2) is 43.1 Å². The minimum Gasteiger partial charge on any atom is -0.394 e. The molecule has 4 aromatic rings. The maximum Gasteiger partial charge on any atom is 0.227 e. The second-order valence-corrected chi connectivity index (χ2v) is 9.88. The molecule has 9 heteroatoms. The Morgan fingerprint density at radius 2 is 1.97 bits per heavy atom. The maximum atomic E-state index is 4.93. The number of aromatic nitrogens is 7. The lowest BCUT2D eigenvalue weighted by Crippen LogP contribution is -2.12. The van der Waals surface area contributed by atoms with Crippen molar-refractivity contribution >= 4 is 17.2 Å². The number of pyridine rings is 1. The minimum absolute atomic E-state index is 0. The van der Waals surface area contributed by atoms with Crippen molar-refractivity contribution in [3.05, 3.63) is 60.1 Å². The predicted molar refractivity (Wildman–Crippen MR) is 149 cm³/mol. The van der Waals surface area contributed by atoms with Crippen LogP contribution in [-0.2, 0) is 26.9 Å². The molecule has 9 nitrogen and oxygen atoms in total. The first kappa shape index (κ1) is 24.7. The molecule has 194 valence electrons. The van der Waals surface area contributed by atoms with Gasteiger partial charge in [0.25, 0.3) is 0 Å². The van der Waals surface area contributed by atoms with Crippen molar-refractivity contribution in [2.45, 2.75) is 40.0 Å². The Kier molecular flexibility index (Phi) is 6.78. The number of hydrogen-bond acceptors (Lipinski definition) is 7. The quantitative estimate of drug-likeness (QED) is 0.352. The Morgan fingerprint density at radius 3 is 2.65 bits per heavy atom. The van der Waals surface area contributed by atoms with E-state index in [4.69, 9.17) is 15.1 Å². The summed E-state index contributed by atoms with van der Waals surface area (Å²) in [6.45, 7) is 6.80. The van der Waals surface area contributed by atoms with Gasteiger partial charge < -0.3 is 10.6 Å². The van der Waals surface area contributed by atoms with Crippen molar-refractivity contribution in [2.75, 3.05) is 12.4 Å². The highest BCUT2D eigenvalue weighted by atomic mass is 15.3. The average molecular weight is 500 g/mol. The van der Waals surface area contributed by atoms with Crippen LogP contribution in [0.3, 0.4) is 0 Å². The van der Waals surface area contributed by atoms with Crippen LogP contribution in [0.25, 0.3) is 28.1 Å². The molecule has 0 radical (unpaired) electrons. The highest BCUT2D eigenvalue weighted by molar-refractivity contribution is 5.84. The molecule has 4 aromatic heterocycles. The zero-order valence-corrected chi connectivity index (χ0v) is 22.4. The maximum absolute atomic E-state index is 4.93. The van der Waals surface area contributed by atoms with E-state index in [0.717, 1.165) is 64.4 Å². The average Bonchev–Trinajstić information content (AvgIpc) is 3.48. The smallest absolute Gasteiger partial charge is 0.227 e. The molecular weight excluding hydrogens is 462 g/mol. The van der Waals surface area contributed by atoms with Crippen molar-refractivity contribution < 1.29 is 1.43 Å². The molecule has 0 aromatic carbocycles. The van der Waals surface area contributed by atoms with Crippen LogP contribution < -0.4 is 10.6 Å². The van der Waals surface area contributed by atoms with E-state index >= 15 is 0 Å². The monoisotopic (exact) mass is 499 g/mol. The number of anilines is 2. The number of nitrogens with zero attached hydrogens (tertiary/aromatic N) is 7. The number of nitrogens with one attached hydrogen (secondary N) is 2. The van der Waals surface area contributed by atoms with E-state index in [9.17, 15) is 0 Å². The van der Waals surface area contributed by atoms with Crippen LogP contribution in [0.4, 0.5) is 11.6 Å². The second kappa shape index (κ2) is 10.2. The third kappa shape index (κ3) is 4.73. The van der Waals surface area contributed by atoms with E-state index in [1.165, 1.54) is 5.57 Å². The SMILES string of the molecule is CCC(C)C(C)/C(=C\NC)c1ccc(-c2c3c(nn2C)CCc2cnc(Nc4cnn(C)c4)nc2-3)cn1.[HH]. The van der Waals surface area contributed by atoms with Gasteiger partial charge in [0.1, 0.15) is 0 Å². The second-order valence-electron chi connectivity index (χ2n) is 9.88. The van der Waals surface area contributed by atoms with Gasteiger partial charge >= 0.3 is 0 Å². The van der Waals surface area contributed by atoms with Crippen LogP contribution in [-0.4, -0.2) is 41.6 Å². The van der Waals surface area contributed by atoms with Crippen molar-refractivity contribution in [1.29, 1.82) is 0 Å². The highest BCUT2D eigenvalue weighted by Gasteiger charge is 2.27. The van der Waals surface area contributed by atoms with E-state index in [1.54, 1.807) is 10.9 Å². The molecular formula is C28H37N9. The first-order chi connectivity index (χ1) is 17.9. The Bertz CT molecular complexity index is 1440. The van der Waals surface area contributed by atoms with Crippen LogP contribution in [0.5, 0.6) is 0 Å². The fourth-order valence-corrected chi connectivity index (χ4v) is 5.03. The number of hydrogen-bond donors (Lipinski definition) is 2. The summed E-state index contributed by atoms with van der Waals surface area (Å²) in [5, 5.41) is 15.6. The summed E-state index contributed by atoms with van der Waals surface area (Å²) >= 11 is 0. The number of rotatable bonds is 8. The van der Waals surface area contributed by atoms with E-state index in [2.05, 4.69) is 59.8 Å². The van der Waals surface area contributed by atoms with Crippen molar-refractivity contribution in [3.8, 4) is 22.5 Å². The van der Waals surface area contributed by atoms with Gasteiger partial charge in [0.2, 0.25) is 5.95 Å². The van der Waals surface area contributed by atoms with Crippen molar-refractivity contribution in [1.82, 2.24) is 39.8 Å². The summed E-state index contributed by atoms with van der Waals surface area (Å²) in [6, 6.07) is 4.27. The molecule has 37 heavy (non-hydrogen) atoms. The van der Waals surface area contributed by atoms with E-state index in [0.29, 0.717) is 17.8 Å². The highest BCUT2D eigenvalue weighted by Crippen LogP contribution is 2.40. The Hall–Kier alpha value is -4.01. The Balaban J connectivity index is 0.00000336. The van der Waals surface area contributed by atoms with E-state index < -0.39 is 0 Å². The van der Waals surface area contributed by atoms with E-state index in [1.807, 2.05) is 44.4 Å². The fourth-order valence-electron chi connectivity index (χ4n) is 5.03. The Morgan fingerprint density at radius 1 is 1.14 bits per heavy atom. The normalized spacial score (nSPS) is 14.6. The molecule has 0 saturated heterocycles. The molecule has 2 N–H and O–H groups in total. The van der Waals surface area contributed by atoms with Gasteiger partial charge in [-0.15, -0.1) is 0 Å². The van der Waals surface area contributed by atoms with Gasteiger partial charge in [-0.3, -0.25) is 14.3 Å². The molecule has 0 aliphatic heterocycles. The van der Waals surface area contributed by atoms with Gasteiger partial charge in [-0.25, -0.2) is 9.97 Å². The first-order valence-corrected chi connectivity index (χ1v) is 12.9. The lowest BCUT2D eigenvalue weighted by molar-refractivity contribution is 0.456. The number of aryl methyl sites for hydroxylation is 4. The van der Waals surface area contributed by atoms with Crippen LogP contribution in [0, 0.1) is 11.8 Å². The summed E-state index contributed by atoms with van der Waals surface area (Å²) in [5.74, 6) is 1.51. The predicted octanol–water partition coefficient (Wildman–Crippen LogP) is 5.00. The van der Waals surface area contributed by atoms with Gasteiger partial charge in [-0.1, -0.05) is 27.2 Å².